The number of aromatic nitrogens is 1. The third-order valence-corrected chi connectivity index (χ3v) is 3.48. The van der Waals surface area contributed by atoms with Gasteiger partial charge in [0.25, 0.3) is 0 Å². The van der Waals surface area contributed by atoms with E-state index < -0.39 is 0 Å². The molecule has 1 aromatic rings. The van der Waals surface area contributed by atoms with Gasteiger partial charge in [-0.1, -0.05) is 0 Å². The highest BCUT2D eigenvalue weighted by Gasteiger charge is 2.29. The lowest BCUT2D eigenvalue weighted by Crippen LogP contribution is -2.48. The summed E-state index contributed by atoms with van der Waals surface area (Å²) in [6.07, 6.45) is 0. The van der Waals surface area contributed by atoms with E-state index in [1.165, 1.54) is 18.4 Å². The van der Waals surface area contributed by atoms with Gasteiger partial charge in [-0.3, -0.25) is 0 Å². The van der Waals surface area contributed by atoms with E-state index in [9.17, 15) is 4.79 Å². The minimum atomic E-state index is -0.389. The zero-order valence-electron chi connectivity index (χ0n) is 10.2. The number of hydrogen-bond donors (Lipinski definition) is 0. The molecular weight excluding hydrogens is 240 g/mol. The van der Waals surface area contributed by atoms with E-state index in [0.29, 0.717) is 12.3 Å². The molecule has 0 spiro atoms. The predicted octanol–water partition coefficient (Wildman–Crippen LogP) is 1.54. The first-order valence-electron chi connectivity index (χ1n) is 5.44. The van der Waals surface area contributed by atoms with Gasteiger partial charge < -0.3 is 14.4 Å². The Morgan fingerprint density at radius 3 is 3.06 bits per heavy atom. The summed E-state index contributed by atoms with van der Waals surface area (Å²) >= 11 is 1.46. The quantitative estimate of drug-likeness (QED) is 0.751. The van der Waals surface area contributed by atoms with Gasteiger partial charge in [-0.25, -0.2) is 9.78 Å². The van der Waals surface area contributed by atoms with Crippen LogP contribution in [0.3, 0.4) is 0 Å². The van der Waals surface area contributed by atoms with Crippen LogP contribution in [-0.2, 0) is 9.47 Å². The molecule has 17 heavy (non-hydrogen) atoms. The third-order valence-electron chi connectivity index (χ3n) is 2.58. The number of rotatable bonds is 2. The van der Waals surface area contributed by atoms with Crippen molar-refractivity contribution in [1.29, 1.82) is 0 Å². The maximum absolute atomic E-state index is 11.3. The summed E-state index contributed by atoms with van der Waals surface area (Å²) in [5, 5.41) is 2.57. The molecule has 0 N–H and O–H groups in total. The van der Waals surface area contributed by atoms with Crippen molar-refractivity contribution in [2.45, 2.75) is 19.4 Å². The largest absolute Gasteiger partial charge is 0.464 e. The second-order valence-corrected chi connectivity index (χ2v) is 5.37. The molecule has 0 amide bonds. The van der Waals surface area contributed by atoms with Crippen LogP contribution in [0.5, 0.6) is 0 Å². The summed E-state index contributed by atoms with van der Waals surface area (Å²) in [6, 6.07) is 0. The Labute approximate surface area is 104 Å². The fraction of sp³-hybridized carbons (Fsp3) is 0.636. The van der Waals surface area contributed by atoms with Gasteiger partial charge in [0.05, 0.1) is 19.3 Å². The van der Waals surface area contributed by atoms with E-state index in [-0.39, 0.29) is 11.6 Å². The van der Waals surface area contributed by atoms with E-state index in [1.807, 2.05) is 13.8 Å². The van der Waals surface area contributed by atoms with E-state index in [1.54, 1.807) is 5.38 Å². The predicted molar refractivity (Wildman–Crippen MR) is 65.7 cm³/mol. The van der Waals surface area contributed by atoms with Gasteiger partial charge in [0.15, 0.2) is 10.8 Å². The lowest BCUT2D eigenvalue weighted by Gasteiger charge is -2.37. The molecule has 0 aromatic carbocycles. The molecule has 2 rings (SSSR count). The number of anilines is 1. The summed E-state index contributed by atoms with van der Waals surface area (Å²) < 4.78 is 10.3. The SMILES string of the molecule is COC(=O)c1csc(N2CCOC(C)(C)C2)n1. The van der Waals surface area contributed by atoms with Crippen LogP contribution >= 0.6 is 11.3 Å². The summed E-state index contributed by atoms with van der Waals surface area (Å²) in [6.45, 7) is 6.36. The first-order chi connectivity index (χ1) is 8.02. The average molecular weight is 256 g/mol. The van der Waals surface area contributed by atoms with Crippen LogP contribution < -0.4 is 4.90 Å². The molecule has 0 aliphatic carbocycles. The number of nitrogens with zero attached hydrogens (tertiary/aromatic N) is 2. The zero-order valence-corrected chi connectivity index (χ0v) is 11.0. The summed E-state index contributed by atoms with van der Waals surface area (Å²) in [4.78, 5) is 17.7. The molecule has 5 nitrogen and oxygen atoms in total. The van der Waals surface area contributed by atoms with E-state index >= 15 is 0 Å². The summed E-state index contributed by atoms with van der Waals surface area (Å²) in [5.41, 5.74) is 0.201. The van der Waals surface area contributed by atoms with Crippen molar-refractivity contribution in [3.05, 3.63) is 11.1 Å². The Bertz CT molecular complexity index is 417. The minimum Gasteiger partial charge on any atom is -0.464 e. The van der Waals surface area contributed by atoms with Gasteiger partial charge in [-0.05, 0) is 13.8 Å². The van der Waals surface area contributed by atoms with E-state index in [2.05, 4.69) is 14.6 Å². The van der Waals surface area contributed by atoms with Crippen molar-refractivity contribution in [2.75, 3.05) is 31.7 Å². The van der Waals surface area contributed by atoms with Crippen molar-refractivity contribution in [3.63, 3.8) is 0 Å². The number of carbonyl (C=O) groups excluding carboxylic acids is 1. The maximum atomic E-state index is 11.3. The highest BCUT2D eigenvalue weighted by molar-refractivity contribution is 7.13. The Morgan fingerprint density at radius 2 is 2.41 bits per heavy atom. The number of esters is 1. The molecule has 0 atom stereocenters. The van der Waals surface area contributed by atoms with Crippen LogP contribution in [0, 0.1) is 0 Å². The lowest BCUT2D eigenvalue weighted by atomic mass is 10.1. The van der Waals surface area contributed by atoms with Gasteiger partial charge in [0.1, 0.15) is 0 Å². The van der Waals surface area contributed by atoms with Gasteiger partial charge in [-0.15, -0.1) is 11.3 Å². The van der Waals surface area contributed by atoms with Crippen LogP contribution in [0.15, 0.2) is 5.38 Å². The molecular formula is C11H16N2O3S. The van der Waals surface area contributed by atoms with Gasteiger partial charge in [0.2, 0.25) is 0 Å². The zero-order chi connectivity index (χ0) is 12.5. The Hall–Kier alpha value is -1.14. The summed E-state index contributed by atoms with van der Waals surface area (Å²) in [7, 11) is 1.36. The van der Waals surface area contributed by atoms with Crippen LogP contribution in [0.4, 0.5) is 5.13 Å². The fourth-order valence-electron chi connectivity index (χ4n) is 1.79. The topological polar surface area (TPSA) is 51.7 Å². The standard InChI is InChI=1S/C11H16N2O3S/c1-11(2)7-13(4-5-16-11)10-12-8(6-17-10)9(14)15-3/h6H,4-5,7H2,1-3H3. The highest BCUT2D eigenvalue weighted by Crippen LogP contribution is 2.26. The first kappa shape index (κ1) is 12.3. The molecule has 1 aliphatic rings. The smallest absolute Gasteiger partial charge is 0.357 e. The van der Waals surface area contributed by atoms with Crippen LogP contribution in [0.1, 0.15) is 24.3 Å². The second kappa shape index (κ2) is 4.62. The molecule has 1 saturated heterocycles. The van der Waals surface area contributed by atoms with Crippen molar-refractivity contribution < 1.29 is 14.3 Å². The molecule has 1 aliphatic heterocycles. The van der Waals surface area contributed by atoms with Crippen LogP contribution in [0.25, 0.3) is 0 Å². The van der Waals surface area contributed by atoms with Gasteiger partial charge >= 0.3 is 5.97 Å². The molecule has 94 valence electrons. The lowest BCUT2D eigenvalue weighted by molar-refractivity contribution is -0.0277. The minimum absolute atomic E-state index is 0.171. The van der Waals surface area contributed by atoms with E-state index in [0.717, 1.165) is 18.2 Å². The number of carbonyl (C=O) groups is 1. The first-order valence-corrected chi connectivity index (χ1v) is 6.32. The van der Waals surface area contributed by atoms with Gasteiger partial charge in [-0.2, -0.15) is 0 Å². The van der Waals surface area contributed by atoms with E-state index in [4.69, 9.17) is 4.74 Å². The van der Waals surface area contributed by atoms with Crippen molar-refractivity contribution in [3.8, 4) is 0 Å². The summed E-state index contributed by atoms with van der Waals surface area (Å²) in [5.74, 6) is -0.389. The molecule has 1 aromatic heterocycles. The Balaban J connectivity index is 2.12. The number of thiazole rings is 1. The Morgan fingerprint density at radius 1 is 1.65 bits per heavy atom. The van der Waals surface area contributed by atoms with Crippen LogP contribution in [0.2, 0.25) is 0 Å². The van der Waals surface area contributed by atoms with Crippen molar-refractivity contribution >= 4 is 22.4 Å². The molecule has 1 fully saturated rings. The molecule has 6 heteroatoms. The van der Waals surface area contributed by atoms with Gasteiger partial charge in [0, 0.05) is 18.5 Å². The fourth-order valence-corrected chi connectivity index (χ4v) is 2.61. The monoisotopic (exact) mass is 256 g/mol. The molecule has 0 unspecified atom stereocenters. The molecule has 2 heterocycles. The maximum Gasteiger partial charge on any atom is 0.357 e. The third kappa shape index (κ3) is 2.76. The molecule has 0 saturated carbocycles. The molecule has 0 bridgehead atoms. The van der Waals surface area contributed by atoms with Crippen LogP contribution in [-0.4, -0.2) is 43.4 Å². The number of ether oxygens (including phenoxy) is 2. The second-order valence-electron chi connectivity index (χ2n) is 4.54. The normalized spacial score (nSPS) is 19.1. The Kier molecular flexibility index (Phi) is 3.35. The average Bonchev–Trinajstić information content (AvgIpc) is 2.76. The highest BCUT2D eigenvalue weighted by atomic mass is 32.1. The number of hydrogen-bond acceptors (Lipinski definition) is 6. The van der Waals surface area contributed by atoms with Crippen molar-refractivity contribution in [2.24, 2.45) is 0 Å². The molecule has 0 radical (unpaired) electrons. The number of methoxy groups -OCH3 is 1. The number of morpholine rings is 1. The van der Waals surface area contributed by atoms with Crippen molar-refractivity contribution in [1.82, 2.24) is 4.98 Å².